The van der Waals surface area contributed by atoms with Crippen LogP contribution in [0.3, 0.4) is 0 Å². The Labute approximate surface area is 183 Å². The van der Waals surface area contributed by atoms with E-state index in [9.17, 15) is 4.79 Å². The Hall–Kier alpha value is -3.76. The molecular formula is C26H17ClN2O2. The summed E-state index contributed by atoms with van der Waals surface area (Å²) in [6.07, 6.45) is 2.40. The minimum atomic E-state index is -0.476. The van der Waals surface area contributed by atoms with Gasteiger partial charge in [0.1, 0.15) is 11.1 Å². The van der Waals surface area contributed by atoms with Crippen LogP contribution in [0, 0.1) is 0 Å². The van der Waals surface area contributed by atoms with Gasteiger partial charge in [-0.1, -0.05) is 66.2 Å². The molecule has 0 aliphatic carbocycles. The van der Waals surface area contributed by atoms with Gasteiger partial charge in [0.15, 0.2) is 5.82 Å². The average Bonchev–Trinajstić information content (AvgIpc) is 2.79. The summed E-state index contributed by atoms with van der Waals surface area (Å²) in [5, 5.41) is 2.23. The second-order valence-corrected chi connectivity index (χ2v) is 7.64. The minimum absolute atomic E-state index is 0.317. The Morgan fingerprint density at radius 3 is 2.61 bits per heavy atom. The third kappa shape index (κ3) is 3.51. The van der Waals surface area contributed by atoms with Crippen molar-refractivity contribution >= 4 is 33.5 Å². The minimum Gasteiger partial charge on any atom is -0.422 e. The van der Waals surface area contributed by atoms with E-state index in [1.807, 2.05) is 60.7 Å². The highest BCUT2D eigenvalue weighted by Gasteiger charge is 2.16. The van der Waals surface area contributed by atoms with Crippen molar-refractivity contribution < 1.29 is 4.42 Å². The van der Waals surface area contributed by atoms with Gasteiger partial charge in [-0.25, -0.2) is 14.8 Å². The van der Waals surface area contributed by atoms with Crippen LogP contribution in [-0.2, 0) is 6.42 Å². The van der Waals surface area contributed by atoms with Gasteiger partial charge < -0.3 is 4.42 Å². The standard InChI is InChI=1S/C26H17ClN2O2/c1-2-7-17-10-6-11-18-14-21(26(30)31-24(17)18)25-28-22-13-12-19(27)15-20(22)23(29-25)16-8-4-3-5-9-16/h2-6,8-15H,1,7H2. The van der Waals surface area contributed by atoms with Gasteiger partial charge in [0.2, 0.25) is 0 Å². The molecule has 31 heavy (non-hydrogen) atoms. The lowest BCUT2D eigenvalue weighted by atomic mass is 10.0. The molecule has 0 bridgehead atoms. The van der Waals surface area contributed by atoms with Crippen molar-refractivity contribution in [2.75, 3.05) is 0 Å². The van der Waals surface area contributed by atoms with Crippen molar-refractivity contribution in [2.45, 2.75) is 6.42 Å². The van der Waals surface area contributed by atoms with Crippen LogP contribution < -0.4 is 5.63 Å². The van der Waals surface area contributed by atoms with E-state index in [4.69, 9.17) is 21.0 Å². The summed E-state index contributed by atoms with van der Waals surface area (Å²) in [5.74, 6) is 0.318. The number of aromatic nitrogens is 2. The summed E-state index contributed by atoms with van der Waals surface area (Å²) in [6.45, 7) is 3.77. The van der Waals surface area contributed by atoms with E-state index < -0.39 is 5.63 Å². The molecule has 0 aliphatic rings. The Morgan fingerprint density at radius 2 is 1.81 bits per heavy atom. The number of fused-ring (bicyclic) bond motifs is 2. The first kappa shape index (κ1) is 19.2. The van der Waals surface area contributed by atoms with Gasteiger partial charge in [-0.3, -0.25) is 0 Å². The number of hydrogen-bond acceptors (Lipinski definition) is 4. The molecule has 0 amide bonds. The summed E-state index contributed by atoms with van der Waals surface area (Å²) in [4.78, 5) is 22.4. The molecule has 2 heterocycles. The van der Waals surface area contributed by atoms with Gasteiger partial charge in [-0.05, 0) is 36.2 Å². The molecule has 0 atom stereocenters. The molecule has 4 nitrogen and oxygen atoms in total. The zero-order valence-electron chi connectivity index (χ0n) is 16.5. The van der Waals surface area contributed by atoms with Crippen LogP contribution in [0.5, 0.6) is 0 Å². The maximum atomic E-state index is 12.9. The van der Waals surface area contributed by atoms with Gasteiger partial charge in [0, 0.05) is 21.4 Å². The predicted octanol–water partition coefficient (Wildman–Crippen LogP) is 6.45. The summed E-state index contributed by atoms with van der Waals surface area (Å²) < 4.78 is 5.70. The molecule has 150 valence electrons. The number of allylic oxidation sites excluding steroid dienone is 1. The fraction of sp³-hybridized carbons (Fsp3) is 0.0385. The van der Waals surface area contributed by atoms with Crippen molar-refractivity contribution in [3.8, 4) is 22.6 Å². The molecule has 0 N–H and O–H groups in total. The number of rotatable bonds is 4. The van der Waals surface area contributed by atoms with E-state index in [0.29, 0.717) is 39.6 Å². The highest BCUT2D eigenvalue weighted by molar-refractivity contribution is 6.31. The number of hydrogen-bond donors (Lipinski definition) is 0. The third-order valence-electron chi connectivity index (χ3n) is 5.15. The third-order valence-corrected chi connectivity index (χ3v) is 5.39. The average molecular weight is 425 g/mol. The maximum Gasteiger partial charge on any atom is 0.347 e. The number of para-hydroxylation sites is 1. The first-order valence-corrected chi connectivity index (χ1v) is 10.2. The van der Waals surface area contributed by atoms with Crippen LogP contribution in [0.15, 0.2) is 94.7 Å². The molecule has 0 fully saturated rings. The lowest BCUT2D eigenvalue weighted by molar-refractivity contribution is 0.559. The smallest absolute Gasteiger partial charge is 0.347 e. The monoisotopic (exact) mass is 424 g/mol. The maximum absolute atomic E-state index is 12.9. The van der Waals surface area contributed by atoms with Crippen LogP contribution in [0.1, 0.15) is 5.56 Å². The van der Waals surface area contributed by atoms with E-state index in [-0.39, 0.29) is 0 Å². The fourth-order valence-electron chi connectivity index (χ4n) is 3.71. The van der Waals surface area contributed by atoms with Crippen LogP contribution in [0.25, 0.3) is 44.5 Å². The van der Waals surface area contributed by atoms with Gasteiger partial charge in [0.25, 0.3) is 0 Å². The molecule has 5 aromatic rings. The summed E-state index contributed by atoms with van der Waals surface area (Å²) in [7, 11) is 0. The van der Waals surface area contributed by atoms with Crippen molar-refractivity contribution in [1.29, 1.82) is 0 Å². The zero-order valence-corrected chi connectivity index (χ0v) is 17.3. The van der Waals surface area contributed by atoms with Crippen molar-refractivity contribution in [3.63, 3.8) is 0 Å². The Balaban J connectivity index is 1.79. The second kappa shape index (κ2) is 7.82. The molecule has 0 saturated carbocycles. The largest absolute Gasteiger partial charge is 0.422 e. The predicted molar refractivity (Wildman–Crippen MR) is 125 cm³/mol. The Bertz CT molecular complexity index is 1510. The SMILES string of the molecule is C=CCc1cccc2cc(-c3nc(-c4ccccc4)c4cc(Cl)ccc4n3)c(=O)oc12. The molecule has 3 aromatic carbocycles. The van der Waals surface area contributed by atoms with E-state index in [0.717, 1.165) is 21.9 Å². The lowest BCUT2D eigenvalue weighted by Gasteiger charge is -2.10. The van der Waals surface area contributed by atoms with Crippen LogP contribution >= 0.6 is 11.6 Å². The van der Waals surface area contributed by atoms with Crippen molar-refractivity contribution in [2.24, 2.45) is 0 Å². The quantitative estimate of drug-likeness (QED) is 0.245. The molecule has 0 aliphatic heterocycles. The van der Waals surface area contributed by atoms with E-state index in [1.165, 1.54) is 0 Å². The molecule has 0 radical (unpaired) electrons. The highest BCUT2D eigenvalue weighted by atomic mass is 35.5. The lowest BCUT2D eigenvalue weighted by Crippen LogP contribution is -2.07. The summed E-state index contributed by atoms with van der Waals surface area (Å²) in [6, 6.07) is 22.8. The molecule has 2 aromatic heterocycles. The molecule has 5 rings (SSSR count). The van der Waals surface area contributed by atoms with E-state index in [2.05, 4.69) is 11.6 Å². The first-order chi connectivity index (χ1) is 15.1. The van der Waals surface area contributed by atoms with Gasteiger partial charge in [-0.2, -0.15) is 0 Å². The van der Waals surface area contributed by atoms with E-state index >= 15 is 0 Å². The number of benzene rings is 3. The second-order valence-electron chi connectivity index (χ2n) is 7.20. The summed E-state index contributed by atoms with van der Waals surface area (Å²) >= 11 is 6.24. The summed E-state index contributed by atoms with van der Waals surface area (Å²) in [5.41, 5.74) is 3.64. The molecule has 0 unspecified atom stereocenters. The first-order valence-electron chi connectivity index (χ1n) is 9.84. The van der Waals surface area contributed by atoms with Crippen molar-refractivity contribution in [3.05, 3.63) is 106 Å². The normalized spacial score (nSPS) is 11.1. The Kier molecular flexibility index (Phi) is 4.85. The molecule has 5 heteroatoms. The van der Waals surface area contributed by atoms with Crippen molar-refractivity contribution in [1.82, 2.24) is 9.97 Å². The van der Waals surface area contributed by atoms with Crippen LogP contribution in [-0.4, -0.2) is 9.97 Å². The molecule has 0 saturated heterocycles. The fourth-order valence-corrected chi connectivity index (χ4v) is 3.89. The van der Waals surface area contributed by atoms with Crippen LogP contribution in [0.4, 0.5) is 0 Å². The molecule has 0 spiro atoms. The van der Waals surface area contributed by atoms with Gasteiger partial charge in [-0.15, -0.1) is 6.58 Å². The van der Waals surface area contributed by atoms with Crippen LogP contribution in [0.2, 0.25) is 5.02 Å². The Morgan fingerprint density at radius 1 is 0.968 bits per heavy atom. The van der Waals surface area contributed by atoms with E-state index in [1.54, 1.807) is 18.2 Å². The van der Waals surface area contributed by atoms with Gasteiger partial charge in [0.05, 0.1) is 11.2 Å². The highest BCUT2D eigenvalue weighted by Crippen LogP contribution is 2.31. The molecular weight excluding hydrogens is 408 g/mol. The zero-order chi connectivity index (χ0) is 21.4. The number of halogens is 1. The number of nitrogens with zero attached hydrogens (tertiary/aromatic N) is 2. The topological polar surface area (TPSA) is 56.0 Å². The van der Waals surface area contributed by atoms with Gasteiger partial charge >= 0.3 is 5.63 Å².